The van der Waals surface area contributed by atoms with Crippen molar-refractivity contribution in [2.45, 2.75) is 13.8 Å². The molecule has 0 radical (unpaired) electrons. The van der Waals surface area contributed by atoms with Gasteiger partial charge < -0.3 is 19.0 Å². The van der Waals surface area contributed by atoms with Crippen LogP contribution in [-0.4, -0.2) is 30.3 Å². The number of carbonyl (C=O) groups is 1. The smallest absolute Gasteiger partial charge is 0.373 e. The third kappa shape index (κ3) is 2.32. The van der Waals surface area contributed by atoms with Crippen molar-refractivity contribution in [2.24, 2.45) is 0 Å². The Morgan fingerprint density at radius 1 is 1.20 bits per heavy atom. The van der Waals surface area contributed by atoms with Gasteiger partial charge in [-0.05, 0) is 31.5 Å². The van der Waals surface area contributed by atoms with E-state index >= 15 is 0 Å². The number of aromatic carboxylic acids is 1. The third-order valence-electron chi connectivity index (χ3n) is 2.94. The van der Waals surface area contributed by atoms with Gasteiger partial charge in [-0.3, -0.25) is 0 Å². The van der Waals surface area contributed by atoms with Crippen LogP contribution in [0.1, 0.15) is 21.8 Å². The van der Waals surface area contributed by atoms with E-state index in [0.717, 1.165) is 5.56 Å². The molecule has 1 aromatic carbocycles. The van der Waals surface area contributed by atoms with Crippen LogP contribution in [0.3, 0.4) is 0 Å². The lowest BCUT2D eigenvalue weighted by molar-refractivity contribution is 0.0662. The van der Waals surface area contributed by atoms with Crippen LogP contribution in [0.4, 0.5) is 0 Å². The van der Waals surface area contributed by atoms with Crippen LogP contribution in [-0.2, 0) is 0 Å². The zero-order valence-corrected chi connectivity index (χ0v) is 11.7. The Morgan fingerprint density at radius 2 is 1.85 bits per heavy atom. The maximum atomic E-state index is 11.0. The molecular formula is C14H15NO5. The molecule has 0 unspecified atom stereocenters. The average Bonchev–Trinajstić information content (AvgIpc) is 2.80. The van der Waals surface area contributed by atoms with Crippen molar-refractivity contribution in [1.29, 1.82) is 0 Å². The minimum absolute atomic E-state index is 0.179. The molecule has 2 rings (SSSR count). The topological polar surface area (TPSA) is 81.8 Å². The Morgan fingerprint density at radius 3 is 2.35 bits per heavy atom. The summed E-state index contributed by atoms with van der Waals surface area (Å²) in [4.78, 5) is 15.1. The number of rotatable bonds is 4. The predicted octanol–water partition coefficient (Wildman–Crippen LogP) is 2.67. The molecule has 6 nitrogen and oxygen atoms in total. The number of benzene rings is 1. The second-order valence-electron chi connectivity index (χ2n) is 4.26. The van der Waals surface area contributed by atoms with Gasteiger partial charge in [0.05, 0.1) is 25.5 Å². The average molecular weight is 277 g/mol. The molecule has 0 aliphatic heterocycles. The van der Waals surface area contributed by atoms with E-state index in [0.29, 0.717) is 22.8 Å². The van der Waals surface area contributed by atoms with E-state index in [2.05, 4.69) is 4.98 Å². The lowest BCUT2D eigenvalue weighted by Gasteiger charge is -2.10. The van der Waals surface area contributed by atoms with Crippen LogP contribution in [0.15, 0.2) is 16.5 Å². The molecular weight excluding hydrogens is 262 g/mol. The monoisotopic (exact) mass is 277 g/mol. The number of oxazole rings is 1. The Kier molecular flexibility index (Phi) is 3.65. The lowest BCUT2D eigenvalue weighted by atomic mass is 10.1. The maximum absolute atomic E-state index is 11.0. The van der Waals surface area contributed by atoms with E-state index in [9.17, 15) is 4.79 Å². The summed E-state index contributed by atoms with van der Waals surface area (Å²) in [5.74, 6) is 0.0472. The van der Waals surface area contributed by atoms with Gasteiger partial charge in [-0.25, -0.2) is 9.78 Å². The highest BCUT2D eigenvalue weighted by Gasteiger charge is 2.20. The number of aryl methyl sites for hydroxylation is 2. The summed E-state index contributed by atoms with van der Waals surface area (Å²) < 4.78 is 15.8. The largest absolute Gasteiger partial charge is 0.496 e. The molecule has 1 N–H and O–H groups in total. The molecule has 6 heteroatoms. The fourth-order valence-corrected chi connectivity index (χ4v) is 1.93. The van der Waals surface area contributed by atoms with Crippen molar-refractivity contribution < 1.29 is 23.8 Å². The lowest BCUT2D eigenvalue weighted by Crippen LogP contribution is -1.95. The number of hydrogen-bond acceptors (Lipinski definition) is 5. The summed E-state index contributed by atoms with van der Waals surface area (Å²) in [5, 5.41) is 9.01. The van der Waals surface area contributed by atoms with Gasteiger partial charge in [-0.15, -0.1) is 0 Å². The van der Waals surface area contributed by atoms with Crippen LogP contribution < -0.4 is 9.47 Å². The van der Waals surface area contributed by atoms with Gasteiger partial charge in [0.25, 0.3) is 0 Å². The van der Waals surface area contributed by atoms with Crippen LogP contribution >= 0.6 is 0 Å². The van der Waals surface area contributed by atoms with Gasteiger partial charge in [-0.2, -0.15) is 0 Å². The van der Waals surface area contributed by atoms with E-state index in [1.165, 1.54) is 7.11 Å². The normalized spacial score (nSPS) is 10.4. The van der Waals surface area contributed by atoms with Gasteiger partial charge >= 0.3 is 5.97 Å². The van der Waals surface area contributed by atoms with E-state index in [4.69, 9.17) is 19.0 Å². The summed E-state index contributed by atoms with van der Waals surface area (Å²) in [6, 6.07) is 3.50. The predicted molar refractivity (Wildman–Crippen MR) is 71.5 cm³/mol. The van der Waals surface area contributed by atoms with E-state index < -0.39 is 5.97 Å². The van der Waals surface area contributed by atoms with Crippen LogP contribution in [0, 0.1) is 13.8 Å². The molecule has 1 heterocycles. The molecule has 0 aliphatic rings. The first kappa shape index (κ1) is 13.9. The summed E-state index contributed by atoms with van der Waals surface area (Å²) in [6.45, 7) is 3.46. The standard InChI is InChI=1S/C14H15NO5/c1-7-5-11(19-4)9(6-10(7)18-3)13-15-8(2)12(20-13)14(16)17/h5-6H,1-4H3,(H,16,17). The second kappa shape index (κ2) is 5.24. The van der Waals surface area contributed by atoms with Gasteiger partial charge in [0.1, 0.15) is 11.5 Å². The highest BCUT2D eigenvalue weighted by molar-refractivity contribution is 5.86. The molecule has 0 saturated carbocycles. The summed E-state index contributed by atoms with van der Waals surface area (Å²) >= 11 is 0. The van der Waals surface area contributed by atoms with Crippen LogP contribution in [0.25, 0.3) is 11.5 Å². The van der Waals surface area contributed by atoms with Crippen molar-refractivity contribution in [3.05, 3.63) is 29.2 Å². The molecule has 0 fully saturated rings. The SMILES string of the molecule is COc1cc(-c2nc(C)c(C(=O)O)o2)c(OC)cc1C. The third-order valence-corrected chi connectivity index (χ3v) is 2.94. The zero-order chi connectivity index (χ0) is 14.9. The van der Waals surface area contributed by atoms with Gasteiger partial charge in [0.2, 0.25) is 11.7 Å². The summed E-state index contributed by atoms with van der Waals surface area (Å²) in [6.07, 6.45) is 0. The van der Waals surface area contributed by atoms with Crippen molar-refractivity contribution in [2.75, 3.05) is 14.2 Å². The van der Waals surface area contributed by atoms with Crippen molar-refractivity contribution in [3.8, 4) is 23.0 Å². The minimum atomic E-state index is -1.15. The molecule has 0 aliphatic carbocycles. The second-order valence-corrected chi connectivity index (χ2v) is 4.26. The fourth-order valence-electron chi connectivity index (χ4n) is 1.93. The van der Waals surface area contributed by atoms with Crippen molar-refractivity contribution in [3.63, 3.8) is 0 Å². The van der Waals surface area contributed by atoms with Crippen molar-refractivity contribution in [1.82, 2.24) is 4.98 Å². The quantitative estimate of drug-likeness (QED) is 0.925. The number of hydrogen-bond donors (Lipinski definition) is 1. The Hall–Kier alpha value is -2.50. The highest BCUT2D eigenvalue weighted by Crippen LogP contribution is 2.36. The molecule has 0 atom stereocenters. The minimum Gasteiger partial charge on any atom is -0.496 e. The number of methoxy groups -OCH3 is 2. The number of nitrogens with zero attached hydrogens (tertiary/aromatic N) is 1. The Labute approximate surface area is 116 Å². The molecule has 20 heavy (non-hydrogen) atoms. The summed E-state index contributed by atoms with van der Waals surface area (Å²) in [7, 11) is 3.08. The van der Waals surface area contributed by atoms with Crippen LogP contribution in [0.2, 0.25) is 0 Å². The Bertz CT molecular complexity index is 660. The first-order valence-corrected chi connectivity index (χ1v) is 5.91. The maximum Gasteiger partial charge on any atom is 0.373 e. The number of carboxylic acid groups (broad SMARTS) is 1. The van der Waals surface area contributed by atoms with Gasteiger partial charge in [0, 0.05) is 0 Å². The molecule has 1 aromatic heterocycles. The highest BCUT2D eigenvalue weighted by atomic mass is 16.5. The van der Waals surface area contributed by atoms with E-state index in [1.807, 2.05) is 6.92 Å². The zero-order valence-electron chi connectivity index (χ0n) is 11.7. The van der Waals surface area contributed by atoms with Gasteiger partial charge in [-0.1, -0.05) is 0 Å². The van der Waals surface area contributed by atoms with Crippen LogP contribution in [0.5, 0.6) is 11.5 Å². The fraction of sp³-hybridized carbons (Fsp3) is 0.286. The molecule has 0 bridgehead atoms. The molecule has 0 saturated heterocycles. The number of aromatic nitrogens is 1. The summed E-state index contributed by atoms with van der Waals surface area (Å²) in [5.41, 5.74) is 1.76. The molecule has 0 spiro atoms. The van der Waals surface area contributed by atoms with E-state index in [1.54, 1.807) is 26.2 Å². The number of ether oxygens (including phenoxy) is 2. The number of carboxylic acids is 1. The Balaban J connectivity index is 2.62. The van der Waals surface area contributed by atoms with Crippen molar-refractivity contribution >= 4 is 5.97 Å². The first-order chi connectivity index (χ1) is 9.47. The molecule has 106 valence electrons. The first-order valence-electron chi connectivity index (χ1n) is 5.91. The van der Waals surface area contributed by atoms with E-state index in [-0.39, 0.29) is 11.7 Å². The molecule has 2 aromatic rings. The van der Waals surface area contributed by atoms with Gasteiger partial charge in [0.15, 0.2) is 0 Å². The molecule has 0 amide bonds.